The third-order valence-corrected chi connectivity index (χ3v) is 13.0. The molecular weight excluding hydrogens is 579 g/mol. The quantitative estimate of drug-likeness (QED) is 0.351. The SMILES string of the molecule is C.C.C.Cc1ccc2c3c1O[C@H]1[C@@H](C)C=CC4[C@@H](C2)N(C)CC[C@@]341.Cc1ccc2c3c1O[C@H]1[C@@H](O)C=CC4[C@@H](C2)N(C)CC[C@@]341.[H-].[Na+]. The molecule has 0 radical (unpaired) electrons. The van der Waals surface area contributed by atoms with Crippen LogP contribution in [0.1, 0.15) is 76.9 Å². The van der Waals surface area contributed by atoms with Crippen LogP contribution in [0, 0.1) is 31.6 Å². The first-order valence-electron chi connectivity index (χ1n) is 16.3. The van der Waals surface area contributed by atoms with Crippen LogP contribution in [-0.2, 0) is 23.7 Å². The smallest absolute Gasteiger partial charge is 1.00 e. The number of ether oxygens (including phenoxy) is 2. The van der Waals surface area contributed by atoms with Crippen molar-refractivity contribution in [2.45, 2.75) is 110 Å². The maximum absolute atomic E-state index is 10.5. The summed E-state index contributed by atoms with van der Waals surface area (Å²) in [6.07, 6.45) is 13.5. The van der Waals surface area contributed by atoms with Crippen LogP contribution in [0.25, 0.3) is 0 Å². The number of rotatable bonds is 0. The molecule has 4 aliphatic carbocycles. The van der Waals surface area contributed by atoms with Crippen molar-refractivity contribution >= 4 is 0 Å². The molecule has 46 heavy (non-hydrogen) atoms. The standard InChI is InChI=1S/C19H23NO.C18H21NO2.3CH4.Na.H/c1-11-4-6-13-10-15-14-7-5-12(2)18-19(14,8-9-20(15)3)16(13)17(11)21-18;1-10-3-4-11-9-13-12-5-6-14(20)17-18(12,7-8-19(13)2)15(11)16(10)21-17;;;;;/h4-7,12,14-15,18H,8-10H2,1-3H3;3-6,12-14,17,20H,7-9H2,1-2H3;3*1H4;;/q;;;;;+1;-1/t12-,14?,15+,18-,19-;12?,13-,14+,17+,18+;;;;;/m01...../s1. The predicted molar refractivity (Wildman–Crippen MR) is 186 cm³/mol. The second-order valence-electron chi connectivity index (χ2n) is 14.8. The third-order valence-electron chi connectivity index (χ3n) is 13.0. The molecule has 2 aromatic carbocycles. The number of nitrogens with zero attached hydrogens (tertiary/aromatic N) is 2. The normalized spacial score (nSPS) is 38.9. The minimum atomic E-state index is -0.483. The van der Waals surface area contributed by atoms with Crippen LogP contribution >= 0.6 is 0 Å². The summed E-state index contributed by atoms with van der Waals surface area (Å²) < 4.78 is 12.9. The van der Waals surface area contributed by atoms with Gasteiger partial charge in [-0.15, -0.1) is 0 Å². The first kappa shape index (κ1) is 35.7. The molecule has 2 unspecified atom stereocenters. The molecule has 246 valence electrons. The summed E-state index contributed by atoms with van der Waals surface area (Å²) in [6.45, 7) is 8.95. The maximum atomic E-state index is 10.5. The van der Waals surface area contributed by atoms with Gasteiger partial charge in [-0.3, -0.25) is 0 Å². The molecule has 4 aliphatic heterocycles. The number of hydrogen-bond donors (Lipinski definition) is 1. The second-order valence-corrected chi connectivity index (χ2v) is 14.8. The molecular formula is C40H57N2NaO3. The van der Waals surface area contributed by atoms with Crippen molar-refractivity contribution < 1.29 is 45.6 Å². The Kier molecular flexibility index (Phi) is 9.37. The molecule has 10 atom stereocenters. The molecule has 0 saturated carbocycles. The van der Waals surface area contributed by atoms with Gasteiger partial charge in [0.25, 0.3) is 0 Å². The number of likely N-dealkylation sites (N-methyl/N-ethyl adjacent to an activating group) is 2. The molecule has 4 heterocycles. The van der Waals surface area contributed by atoms with E-state index in [0.29, 0.717) is 35.9 Å². The monoisotopic (exact) mass is 636 g/mol. The van der Waals surface area contributed by atoms with E-state index in [4.69, 9.17) is 9.47 Å². The molecule has 0 amide bonds. The van der Waals surface area contributed by atoms with Gasteiger partial charge in [-0.2, -0.15) is 0 Å². The predicted octanol–water partition coefficient (Wildman–Crippen LogP) is 3.90. The van der Waals surface area contributed by atoms with E-state index in [1.54, 1.807) is 11.1 Å². The van der Waals surface area contributed by atoms with Crippen molar-refractivity contribution in [1.29, 1.82) is 0 Å². The summed E-state index contributed by atoms with van der Waals surface area (Å²) in [7, 11) is 4.54. The number of aliphatic hydroxyl groups is 1. The van der Waals surface area contributed by atoms with E-state index in [-0.39, 0.29) is 70.2 Å². The first-order valence-corrected chi connectivity index (χ1v) is 16.3. The average Bonchev–Trinajstić information content (AvgIpc) is 3.52. The number of aliphatic hydroxyl groups excluding tert-OH is 1. The summed E-state index contributed by atoms with van der Waals surface area (Å²) in [5.41, 5.74) is 8.77. The minimum absolute atomic E-state index is 0. The summed E-state index contributed by atoms with van der Waals surface area (Å²) in [5.74, 6) is 3.91. The van der Waals surface area contributed by atoms with E-state index in [2.05, 4.69) is 87.2 Å². The molecule has 8 aliphatic rings. The van der Waals surface area contributed by atoms with E-state index in [1.165, 1.54) is 47.4 Å². The zero-order chi connectivity index (χ0) is 28.7. The van der Waals surface area contributed by atoms with Crippen LogP contribution in [0.4, 0.5) is 0 Å². The van der Waals surface area contributed by atoms with Crippen LogP contribution < -0.4 is 39.0 Å². The van der Waals surface area contributed by atoms with Gasteiger partial charge in [-0.25, -0.2) is 0 Å². The number of piperidine rings is 2. The van der Waals surface area contributed by atoms with Crippen LogP contribution in [0.15, 0.2) is 48.6 Å². The van der Waals surface area contributed by atoms with Crippen molar-refractivity contribution in [3.63, 3.8) is 0 Å². The molecule has 5 nitrogen and oxygen atoms in total. The van der Waals surface area contributed by atoms with Gasteiger partial charge >= 0.3 is 29.6 Å². The molecule has 1 N–H and O–H groups in total. The summed E-state index contributed by atoms with van der Waals surface area (Å²) in [6, 6.07) is 10.3. The Morgan fingerprint density at radius 2 is 1.17 bits per heavy atom. The van der Waals surface area contributed by atoms with Crippen molar-refractivity contribution in [1.82, 2.24) is 9.80 Å². The van der Waals surface area contributed by atoms with Gasteiger partial charge in [0.2, 0.25) is 0 Å². The van der Waals surface area contributed by atoms with E-state index < -0.39 is 6.10 Å². The fourth-order valence-electron chi connectivity index (χ4n) is 11.0. The number of likely N-dealkylation sites (tertiary alicyclic amines) is 2. The Bertz CT molecular complexity index is 1460. The molecule has 6 heteroatoms. The third kappa shape index (κ3) is 4.27. The Hall–Kier alpha value is -1.60. The molecule has 2 saturated heterocycles. The van der Waals surface area contributed by atoms with E-state index in [9.17, 15) is 5.11 Å². The van der Waals surface area contributed by atoms with Gasteiger partial charge in [0.1, 0.15) is 29.8 Å². The first-order chi connectivity index (χ1) is 20.3. The van der Waals surface area contributed by atoms with Crippen molar-refractivity contribution in [3.8, 4) is 11.5 Å². The maximum Gasteiger partial charge on any atom is 1.00 e. The van der Waals surface area contributed by atoms with E-state index >= 15 is 0 Å². The van der Waals surface area contributed by atoms with Crippen LogP contribution in [0.2, 0.25) is 0 Å². The number of hydrogen-bond acceptors (Lipinski definition) is 5. The van der Waals surface area contributed by atoms with Gasteiger partial charge in [-0.1, -0.05) is 77.8 Å². The molecule has 2 aromatic rings. The zero-order valence-corrected chi connectivity index (χ0v) is 28.6. The Labute approximate surface area is 302 Å². The van der Waals surface area contributed by atoms with Gasteiger partial charge in [0, 0.05) is 51.8 Å². The van der Waals surface area contributed by atoms with Gasteiger partial charge in [0.05, 0.1) is 0 Å². The summed E-state index contributed by atoms with van der Waals surface area (Å²) in [4.78, 5) is 5.07. The molecule has 2 spiro atoms. The van der Waals surface area contributed by atoms with Crippen molar-refractivity contribution in [2.24, 2.45) is 17.8 Å². The Balaban J connectivity index is 0.000000192. The van der Waals surface area contributed by atoms with Crippen molar-refractivity contribution in [3.05, 3.63) is 82.0 Å². The van der Waals surface area contributed by atoms with Gasteiger partial charge in [-0.05, 0) is 89.0 Å². The van der Waals surface area contributed by atoms with Gasteiger partial charge < -0.3 is 25.8 Å². The fourth-order valence-corrected chi connectivity index (χ4v) is 11.0. The fraction of sp³-hybridized carbons (Fsp3) is 0.600. The van der Waals surface area contributed by atoms with Gasteiger partial charge in [0.15, 0.2) is 0 Å². The van der Waals surface area contributed by atoms with E-state index in [1.807, 2.05) is 6.08 Å². The molecule has 0 aromatic heterocycles. The number of aryl methyl sites for hydroxylation is 2. The second kappa shape index (κ2) is 12.1. The summed E-state index contributed by atoms with van der Waals surface area (Å²) in [5, 5.41) is 10.5. The zero-order valence-electron chi connectivity index (χ0n) is 27.6. The number of benzene rings is 2. The molecule has 10 rings (SSSR count). The van der Waals surface area contributed by atoms with Crippen LogP contribution in [0.3, 0.4) is 0 Å². The van der Waals surface area contributed by atoms with Crippen LogP contribution in [0.5, 0.6) is 11.5 Å². The topological polar surface area (TPSA) is 45.2 Å². The van der Waals surface area contributed by atoms with Crippen molar-refractivity contribution in [2.75, 3.05) is 27.2 Å². The van der Waals surface area contributed by atoms with E-state index in [0.717, 1.165) is 25.1 Å². The average molecular weight is 637 g/mol. The molecule has 4 bridgehead atoms. The Morgan fingerprint density at radius 1 is 0.717 bits per heavy atom. The minimum Gasteiger partial charge on any atom is -1.00 e. The molecule has 2 fully saturated rings. The summed E-state index contributed by atoms with van der Waals surface area (Å²) >= 11 is 0. The largest absolute Gasteiger partial charge is 1.00 e. The Morgan fingerprint density at radius 3 is 1.70 bits per heavy atom. The van der Waals surface area contributed by atoms with Crippen LogP contribution in [-0.4, -0.2) is 72.5 Å².